The zero-order valence-electron chi connectivity index (χ0n) is 9.58. The third-order valence-corrected chi connectivity index (χ3v) is 3.18. The van der Waals surface area contributed by atoms with Crippen molar-refractivity contribution in [2.75, 3.05) is 0 Å². The highest BCUT2D eigenvalue weighted by molar-refractivity contribution is 5.81. The lowest BCUT2D eigenvalue weighted by Crippen LogP contribution is -1.95. The first-order valence-corrected chi connectivity index (χ1v) is 5.82. The van der Waals surface area contributed by atoms with Gasteiger partial charge in [-0.3, -0.25) is 0 Å². The van der Waals surface area contributed by atoms with E-state index in [4.69, 9.17) is 4.42 Å². The lowest BCUT2D eigenvalue weighted by molar-refractivity contribution is 0.566. The van der Waals surface area contributed by atoms with Crippen LogP contribution in [-0.2, 0) is 0 Å². The van der Waals surface area contributed by atoms with E-state index < -0.39 is 0 Å². The van der Waals surface area contributed by atoms with E-state index in [1.54, 1.807) is 6.26 Å². The van der Waals surface area contributed by atoms with Crippen molar-refractivity contribution in [1.82, 2.24) is 9.55 Å². The molecule has 4 rings (SSSR count). The Hall–Kier alpha value is -2.55. The van der Waals surface area contributed by atoms with E-state index in [1.807, 2.05) is 36.7 Å². The molecule has 0 aromatic carbocycles. The van der Waals surface area contributed by atoms with Crippen molar-refractivity contribution < 1.29 is 4.42 Å². The SMILES string of the molecule is c1cc2occc(-n3ccc4cccnc43)c-2c1. The Morgan fingerprint density at radius 2 is 2.00 bits per heavy atom. The molecular weight excluding hydrogens is 224 g/mol. The predicted octanol–water partition coefficient (Wildman–Crippen LogP) is 3.72. The van der Waals surface area contributed by atoms with Crippen molar-refractivity contribution in [3.8, 4) is 17.0 Å². The van der Waals surface area contributed by atoms with Gasteiger partial charge in [0.25, 0.3) is 0 Å². The van der Waals surface area contributed by atoms with Crippen LogP contribution in [0.25, 0.3) is 28.0 Å². The third-order valence-electron chi connectivity index (χ3n) is 3.18. The average molecular weight is 234 g/mol. The number of nitrogens with zero attached hydrogens (tertiary/aromatic N) is 2. The molecule has 0 N–H and O–H groups in total. The van der Waals surface area contributed by atoms with E-state index in [-0.39, 0.29) is 0 Å². The highest BCUT2D eigenvalue weighted by atomic mass is 16.3. The molecule has 18 heavy (non-hydrogen) atoms. The third kappa shape index (κ3) is 1.21. The molecule has 0 amide bonds. The van der Waals surface area contributed by atoms with Gasteiger partial charge in [0.1, 0.15) is 11.4 Å². The minimum absolute atomic E-state index is 0.894. The lowest BCUT2D eigenvalue weighted by Gasteiger charge is -2.09. The molecule has 0 saturated carbocycles. The number of hydrogen-bond donors (Lipinski definition) is 0. The predicted molar refractivity (Wildman–Crippen MR) is 70.0 cm³/mol. The quantitative estimate of drug-likeness (QED) is 0.502. The molecule has 0 bridgehead atoms. The fourth-order valence-electron chi connectivity index (χ4n) is 2.35. The monoisotopic (exact) mass is 234 g/mol. The molecule has 2 aliphatic rings. The molecule has 0 unspecified atom stereocenters. The molecular formula is C15H10N2O. The summed E-state index contributed by atoms with van der Waals surface area (Å²) in [4.78, 5) is 4.44. The summed E-state index contributed by atoms with van der Waals surface area (Å²) in [6.07, 6.45) is 5.57. The summed E-state index contributed by atoms with van der Waals surface area (Å²) in [5, 5.41) is 1.14. The Labute approximate surface area is 104 Å². The fraction of sp³-hybridized carbons (Fsp3) is 0. The molecule has 1 aliphatic carbocycles. The Balaban J connectivity index is 2.06. The number of aromatic nitrogens is 2. The fourth-order valence-corrected chi connectivity index (χ4v) is 2.35. The lowest BCUT2D eigenvalue weighted by atomic mass is 10.2. The van der Waals surface area contributed by atoms with Gasteiger partial charge in [-0.1, -0.05) is 6.07 Å². The number of hydrogen-bond acceptors (Lipinski definition) is 2. The van der Waals surface area contributed by atoms with E-state index in [2.05, 4.69) is 27.8 Å². The Morgan fingerprint density at radius 1 is 1.00 bits per heavy atom. The Kier molecular flexibility index (Phi) is 1.83. The second kappa shape index (κ2) is 3.47. The molecule has 0 fully saturated rings. The molecule has 0 spiro atoms. The summed E-state index contributed by atoms with van der Waals surface area (Å²) in [6, 6.07) is 14.1. The van der Waals surface area contributed by atoms with Crippen molar-refractivity contribution >= 4 is 11.0 Å². The van der Waals surface area contributed by atoms with Crippen LogP contribution in [0, 0.1) is 0 Å². The zero-order valence-corrected chi connectivity index (χ0v) is 9.58. The van der Waals surface area contributed by atoms with Crippen molar-refractivity contribution in [2.24, 2.45) is 0 Å². The molecule has 2 aromatic heterocycles. The Morgan fingerprint density at radius 3 is 3.00 bits per heavy atom. The van der Waals surface area contributed by atoms with Crippen LogP contribution in [0.1, 0.15) is 0 Å². The van der Waals surface area contributed by atoms with E-state index >= 15 is 0 Å². The first kappa shape index (κ1) is 9.48. The van der Waals surface area contributed by atoms with Crippen LogP contribution < -0.4 is 0 Å². The maximum atomic E-state index is 5.47. The zero-order chi connectivity index (χ0) is 11.9. The summed E-state index contributed by atoms with van der Waals surface area (Å²) in [5.41, 5.74) is 3.15. The van der Waals surface area contributed by atoms with Crippen molar-refractivity contribution in [2.45, 2.75) is 0 Å². The van der Waals surface area contributed by atoms with E-state index in [9.17, 15) is 0 Å². The summed E-state index contributed by atoms with van der Waals surface area (Å²) < 4.78 is 7.56. The van der Waals surface area contributed by atoms with E-state index in [1.165, 1.54) is 0 Å². The minimum atomic E-state index is 0.894. The summed E-state index contributed by atoms with van der Waals surface area (Å²) in [5.74, 6) is 0.894. The molecule has 1 aliphatic heterocycles. The van der Waals surface area contributed by atoms with Gasteiger partial charge >= 0.3 is 0 Å². The van der Waals surface area contributed by atoms with E-state index in [0.717, 1.165) is 28.0 Å². The van der Waals surface area contributed by atoms with Crippen LogP contribution in [0.15, 0.2) is 65.5 Å². The highest BCUT2D eigenvalue weighted by Crippen LogP contribution is 2.31. The van der Waals surface area contributed by atoms with Gasteiger partial charge < -0.3 is 8.98 Å². The van der Waals surface area contributed by atoms with Crippen LogP contribution in [0.2, 0.25) is 0 Å². The number of rotatable bonds is 1. The van der Waals surface area contributed by atoms with Crippen molar-refractivity contribution in [1.29, 1.82) is 0 Å². The molecule has 0 radical (unpaired) electrons. The van der Waals surface area contributed by atoms with Gasteiger partial charge in [-0.05, 0) is 36.4 Å². The maximum Gasteiger partial charge on any atom is 0.144 e. The summed E-state index contributed by atoms with van der Waals surface area (Å²) in [7, 11) is 0. The van der Waals surface area contributed by atoms with Crippen LogP contribution in [0.5, 0.6) is 0 Å². The second-order valence-corrected chi connectivity index (χ2v) is 4.21. The molecule has 2 aromatic rings. The summed E-state index contributed by atoms with van der Waals surface area (Å²) >= 11 is 0. The molecule has 0 atom stereocenters. The molecule has 3 nitrogen and oxygen atoms in total. The van der Waals surface area contributed by atoms with Crippen molar-refractivity contribution in [3.05, 3.63) is 61.1 Å². The van der Waals surface area contributed by atoms with Gasteiger partial charge in [-0.2, -0.15) is 0 Å². The maximum absolute atomic E-state index is 5.47. The van der Waals surface area contributed by atoms with Gasteiger partial charge in [0.2, 0.25) is 0 Å². The first-order chi connectivity index (χ1) is 8.93. The van der Waals surface area contributed by atoms with Crippen LogP contribution in [0.3, 0.4) is 0 Å². The standard InChI is InChI=1S/C15H10N2O/c1-4-12-13(7-10-18-14(12)5-1)17-9-6-11-3-2-8-16-15(11)17/h1-10H. The smallest absolute Gasteiger partial charge is 0.144 e. The summed E-state index contributed by atoms with van der Waals surface area (Å²) in [6.45, 7) is 0. The van der Waals surface area contributed by atoms with Crippen LogP contribution in [0.4, 0.5) is 0 Å². The highest BCUT2D eigenvalue weighted by Gasteiger charge is 2.13. The number of pyridine rings is 1. The van der Waals surface area contributed by atoms with E-state index in [0.29, 0.717) is 0 Å². The minimum Gasteiger partial charge on any atom is -0.464 e. The normalized spacial score (nSPS) is 11.3. The molecule has 0 saturated heterocycles. The van der Waals surface area contributed by atoms with Gasteiger partial charge in [0.05, 0.1) is 12.0 Å². The van der Waals surface area contributed by atoms with Gasteiger partial charge in [-0.15, -0.1) is 0 Å². The van der Waals surface area contributed by atoms with Gasteiger partial charge in [-0.25, -0.2) is 4.98 Å². The van der Waals surface area contributed by atoms with Crippen LogP contribution in [-0.4, -0.2) is 9.55 Å². The van der Waals surface area contributed by atoms with Crippen LogP contribution >= 0.6 is 0 Å². The second-order valence-electron chi connectivity index (χ2n) is 4.21. The topological polar surface area (TPSA) is 31.0 Å². The number of fused-ring (bicyclic) bond motifs is 2. The average Bonchev–Trinajstić information content (AvgIpc) is 3.05. The Bertz CT molecular complexity index is 797. The van der Waals surface area contributed by atoms with Crippen molar-refractivity contribution in [3.63, 3.8) is 0 Å². The molecule has 3 heteroatoms. The largest absolute Gasteiger partial charge is 0.464 e. The van der Waals surface area contributed by atoms with Gasteiger partial charge in [0, 0.05) is 23.3 Å². The first-order valence-electron chi connectivity index (χ1n) is 5.82. The molecule has 86 valence electrons. The van der Waals surface area contributed by atoms with Gasteiger partial charge in [0.15, 0.2) is 0 Å². The molecule has 3 heterocycles.